The summed E-state index contributed by atoms with van der Waals surface area (Å²) in [5.41, 5.74) is 7.34. The van der Waals surface area contributed by atoms with Gasteiger partial charge in [0.15, 0.2) is 0 Å². The number of nitrogens with one attached hydrogen (secondary N) is 1. The Kier molecular flexibility index (Phi) is 11.9. The minimum Gasteiger partial charge on any atom is -0.479 e. The standard InChI is InChI=1S/C22H41N3O7/c1-20(2,3)31-17(27)15(24)11-10-13-22(18(28)29,19(30)32-21(4,5)6)25-16(26)12-8-7-9-14-23/h15H,7-14,23-24H2,1-6H3,(H,25,26)(H,28,29)/t15?,22-/m0/s1. The molecule has 0 bridgehead atoms. The van der Waals surface area contributed by atoms with Crippen LogP contribution in [0, 0.1) is 0 Å². The van der Waals surface area contributed by atoms with Crippen molar-refractivity contribution >= 4 is 23.8 Å². The number of carboxylic acids is 1. The fourth-order valence-corrected chi connectivity index (χ4v) is 2.82. The molecule has 32 heavy (non-hydrogen) atoms. The van der Waals surface area contributed by atoms with E-state index in [1.165, 1.54) is 0 Å². The molecule has 0 aromatic heterocycles. The van der Waals surface area contributed by atoms with E-state index in [2.05, 4.69) is 5.32 Å². The molecule has 0 spiro atoms. The second-order valence-corrected chi connectivity index (χ2v) is 9.89. The molecule has 10 heteroatoms. The number of rotatable bonds is 13. The molecule has 2 atom stereocenters. The molecule has 1 unspecified atom stereocenters. The van der Waals surface area contributed by atoms with Crippen LogP contribution in [0.2, 0.25) is 0 Å². The SMILES string of the molecule is CC(C)(C)OC(=O)C(N)CCC[C@](NC(=O)CCCCCN)(C(=O)O)C(=O)OC(C)(C)C. The maximum Gasteiger partial charge on any atom is 0.344 e. The van der Waals surface area contributed by atoms with Gasteiger partial charge in [0, 0.05) is 6.42 Å². The maximum atomic E-state index is 12.9. The fraction of sp³-hybridized carbons (Fsp3) is 0.818. The molecule has 0 aliphatic rings. The third-order valence-corrected chi connectivity index (χ3v) is 4.35. The lowest BCUT2D eigenvalue weighted by atomic mass is 9.90. The summed E-state index contributed by atoms with van der Waals surface area (Å²) in [6.07, 6.45) is 1.86. The molecule has 0 aromatic carbocycles. The van der Waals surface area contributed by atoms with Crippen molar-refractivity contribution in [1.82, 2.24) is 5.32 Å². The van der Waals surface area contributed by atoms with Crippen molar-refractivity contribution in [2.75, 3.05) is 6.54 Å². The number of esters is 2. The molecule has 0 fully saturated rings. The first-order chi connectivity index (χ1) is 14.5. The third-order valence-electron chi connectivity index (χ3n) is 4.35. The zero-order chi connectivity index (χ0) is 25.2. The van der Waals surface area contributed by atoms with E-state index in [-0.39, 0.29) is 25.7 Å². The number of carbonyl (C=O) groups excluding carboxylic acids is 3. The second kappa shape index (κ2) is 12.7. The number of ether oxygens (including phenoxy) is 2. The zero-order valence-corrected chi connectivity index (χ0v) is 20.3. The monoisotopic (exact) mass is 459 g/mol. The normalized spacial score (nSPS) is 14.8. The smallest absolute Gasteiger partial charge is 0.344 e. The number of aliphatic carboxylic acids is 1. The van der Waals surface area contributed by atoms with Gasteiger partial charge in [-0.2, -0.15) is 0 Å². The van der Waals surface area contributed by atoms with Crippen molar-refractivity contribution in [3.63, 3.8) is 0 Å². The Morgan fingerprint density at radius 2 is 1.47 bits per heavy atom. The summed E-state index contributed by atoms with van der Waals surface area (Å²) in [6, 6.07) is -0.994. The molecule has 0 saturated heterocycles. The van der Waals surface area contributed by atoms with Crippen molar-refractivity contribution < 1.29 is 33.8 Å². The van der Waals surface area contributed by atoms with Crippen molar-refractivity contribution in [3.8, 4) is 0 Å². The highest BCUT2D eigenvalue weighted by Crippen LogP contribution is 2.23. The van der Waals surface area contributed by atoms with Crippen LogP contribution in [0.15, 0.2) is 0 Å². The van der Waals surface area contributed by atoms with Crippen LogP contribution >= 0.6 is 0 Å². The van der Waals surface area contributed by atoms with Gasteiger partial charge >= 0.3 is 17.9 Å². The maximum absolute atomic E-state index is 12.9. The quantitative estimate of drug-likeness (QED) is 0.181. The first-order valence-electron chi connectivity index (χ1n) is 11.0. The van der Waals surface area contributed by atoms with Crippen molar-refractivity contribution in [2.45, 2.75) is 109 Å². The number of carboxylic acid groups (broad SMARTS) is 1. The Morgan fingerprint density at radius 3 is 1.94 bits per heavy atom. The van der Waals surface area contributed by atoms with Gasteiger partial charge in [0.05, 0.1) is 0 Å². The molecule has 1 amide bonds. The van der Waals surface area contributed by atoms with E-state index in [1.54, 1.807) is 41.5 Å². The summed E-state index contributed by atoms with van der Waals surface area (Å²) < 4.78 is 10.5. The lowest BCUT2D eigenvalue weighted by molar-refractivity contribution is -0.173. The van der Waals surface area contributed by atoms with Crippen LogP contribution < -0.4 is 16.8 Å². The van der Waals surface area contributed by atoms with E-state index in [9.17, 15) is 24.3 Å². The van der Waals surface area contributed by atoms with Crippen LogP contribution in [0.3, 0.4) is 0 Å². The van der Waals surface area contributed by atoms with Crippen LogP contribution in [-0.4, -0.2) is 58.2 Å². The average molecular weight is 460 g/mol. The highest BCUT2D eigenvalue weighted by Gasteiger charge is 2.50. The molecule has 0 aliphatic carbocycles. The summed E-state index contributed by atoms with van der Waals surface area (Å²) >= 11 is 0. The number of hydrogen-bond acceptors (Lipinski definition) is 8. The molecule has 0 rings (SSSR count). The summed E-state index contributed by atoms with van der Waals surface area (Å²) in [5, 5.41) is 12.3. The topological polar surface area (TPSA) is 171 Å². The van der Waals surface area contributed by atoms with Crippen LogP contribution in [-0.2, 0) is 28.7 Å². The Balaban J connectivity index is 5.42. The summed E-state index contributed by atoms with van der Waals surface area (Å²) in [7, 11) is 0. The first kappa shape index (κ1) is 29.8. The number of hydrogen-bond donors (Lipinski definition) is 4. The van der Waals surface area contributed by atoms with Gasteiger partial charge in [0.1, 0.15) is 17.2 Å². The van der Waals surface area contributed by atoms with E-state index in [0.29, 0.717) is 19.4 Å². The predicted octanol–water partition coefficient (Wildman–Crippen LogP) is 1.63. The highest BCUT2D eigenvalue weighted by molar-refractivity contribution is 6.07. The molecule has 0 radical (unpaired) electrons. The Morgan fingerprint density at radius 1 is 0.906 bits per heavy atom. The molecule has 0 saturated carbocycles. The van der Waals surface area contributed by atoms with Gasteiger partial charge < -0.3 is 31.4 Å². The van der Waals surface area contributed by atoms with Gasteiger partial charge in [-0.15, -0.1) is 0 Å². The highest BCUT2D eigenvalue weighted by atomic mass is 16.6. The lowest BCUT2D eigenvalue weighted by Gasteiger charge is -2.32. The van der Waals surface area contributed by atoms with Gasteiger partial charge in [0.2, 0.25) is 11.4 Å². The van der Waals surface area contributed by atoms with Crippen LogP contribution in [0.25, 0.3) is 0 Å². The van der Waals surface area contributed by atoms with Gasteiger partial charge in [-0.1, -0.05) is 6.42 Å². The average Bonchev–Trinajstić information content (AvgIpc) is 2.61. The van der Waals surface area contributed by atoms with Gasteiger partial charge in [-0.05, 0) is 80.2 Å². The predicted molar refractivity (Wildman–Crippen MR) is 120 cm³/mol. The lowest BCUT2D eigenvalue weighted by Crippen LogP contribution is -2.61. The van der Waals surface area contributed by atoms with Gasteiger partial charge in [0.25, 0.3) is 0 Å². The summed E-state index contributed by atoms with van der Waals surface area (Å²) in [6.45, 7) is 10.4. The zero-order valence-electron chi connectivity index (χ0n) is 20.3. The fourth-order valence-electron chi connectivity index (χ4n) is 2.82. The molecular formula is C22H41N3O7. The second-order valence-electron chi connectivity index (χ2n) is 9.89. The molecular weight excluding hydrogens is 418 g/mol. The minimum atomic E-state index is -2.29. The largest absolute Gasteiger partial charge is 0.479 e. The van der Waals surface area contributed by atoms with Gasteiger partial charge in [-0.25, -0.2) is 9.59 Å². The molecule has 0 aliphatic heterocycles. The first-order valence-corrected chi connectivity index (χ1v) is 11.0. The number of nitrogens with two attached hydrogens (primary N) is 2. The van der Waals surface area contributed by atoms with E-state index in [4.69, 9.17) is 20.9 Å². The summed E-state index contributed by atoms with van der Waals surface area (Å²) in [4.78, 5) is 49.6. The van der Waals surface area contributed by atoms with Crippen molar-refractivity contribution in [3.05, 3.63) is 0 Å². The van der Waals surface area contributed by atoms with Gasteiger partial charge in [-0.3, -0.25) is 9.59 Å². The summed E-state index contributed by atoms with van der Waals surface area (Å²) in [5.74, 6) is -3.81. The Labute approximate surface area is 190 Å². The van der Waals surface area contributed by atoms with E-state index >= 15 is 0 Å². The van der Waals surface area contributed by atoms with Crippen LogP contribution in [0.4, 0.5) is 0 Å². The number of amides is 1. The van der Waals surface area contributed by atoms with E-state index < -0.39 is 46.6 Å². The number of unbranched alkanes of at least 4 members (excludes halogenated alkanes) is 2. The van der Waals surface area contributed by atoms with E-state index in [1.807, 2.05) is 0 Å². The molecule has 10 nitrogen and oxygen atoms in total. The minimum absolute atomic E-state index is 0.0508. The van der Waals surface area contributed by atoms with Crippen LogP contribution in [0.5, 0.6) is 0 Å². The van der Waals surface area contributed by atoms with Crippen LogP contribution in [0.1, 0.15) is 86.5 Å². The Hall–Kier alpha value is -2.20. The van der Waals surface area contributed by atoms with Crippen molar-refractivity contribution in [2.24, 2.45) is 11.5 Å². The molecule has 6 N–H and O–H groups in total. The number of carbonyl (C=O) groups is 4. The van der Waals surface area contributed by atoms with Crippen molar-refractivity contribution in [1.29, 1.82) is 0 Å². The molecule has 186 valence electrons. The molecule has 0 aromatic rings. The van der Waals surface area contributed by atoms with E-state index in [0.717, 1.165) is 6.42 Å². The third kappa shape index (κ3) is 11.4. The molecule has 0 heterocycles. The Bertz CT molecular complexity index is 653.